The largest absolute Gasteiger partial charge is 0.490 e. The van der Waals surface area contributed by atoms with Crippen molar-refractivity contribution in [1.29, 1.82) is 0 Å². The van der Waals surface area contributed by atoms with Gasteiger partial charge in [0.1, 0.15) is 11.6 Å². The number of hydrogen-bond acceptors (Lipinski definition) is 9. The van der Waals surface area contributed by atoms with Crippen molar-refractivity contribution in [3.8, 4) is 0 Å². The van der Waals surface area contributed by atoms with Gasteiger partial charge in [-0.2, -0.15) is 39.5 Å². The van der Waals surface area contributed by atoms with Crippen molar-refractivity contribution >= 4 is 23.7 Å². The molecule has 0 aliphatic carbocycles. The zero-order chi connectivity index (χ0) is 36.2. The maximum atomic E-state index is 10.6. The Bertz CT molecular complexity index is 1390. The maximum absolute atomic E-state index is 10.6. The van der Waals surface area contributed by atoms with Gasteiger partial charge < -0.3 is 24.7 Å². The van der Waals surface area contributed by atoms with Crippen molar-refractivity contribution in [2.75, 3.05) is 18.0 Å². The number of anilines is 1. The average molecular weight is 692 g/mol. The Kier molecular flexibility index (Phi) is 14.6. The molecule has 0 saturated heterocycles. The molecule has 3 aromatic heterocycles. The number of carboxylic acid groups (broad SMARTS) is 3. The number of carboxylic acids is 3. The summed E-state index contributed by atoms with van der Waals surface area (Å²) in [4.78, 5) is 40.3. The summed E-state index contributed by atoms with van der Waals surface area (Å²) in [6.45, 7) is 8.44. The van der Waals surface area contributed by atoms with Crippen LogP contribution in [-0.4, -0.2) is 84.9 Å². The van der Waals surface area contributed by atoms with E-state index in [1.165, 1.54) is 16.7 Å². The fourth-order valence-electron chi connectivity index (χ4n) is 3.48. The van der Waals surface area contributed by atoms with Gasteiger partial charge in [0, 0.05) is 62.4 Å². The van der Waals surface area contributed by atoms with E-state index in [-0.39, 0.29) is 0 Å². The van der Waals surface area contributed by atoms with E-state index in [0.29, 0.717) is 0 Å². The first-order chi connectivity index (χ1) is 21.5. The highest BCUT2D eigenvalue weighted by Gasteiger charge is 2.39. The zero-order valence-corrected chi connectivity index (χ0v) is 24.2. The van der Waals surface area contributed by atoms with Crippen molar-refractivity contribution in [2.24, 2.45) is 0 Å². The number of aromatic nitrogens is 3. The highest BCUT2D eigenvalue weighted by molar-refractivity contribution is 5.73. The molecule has 0 aromatic carbocycles. The monoisotopic (exact) mass is 691 g/mol. The Morgan fingerprint density at radius 3 is 1.70 bits per heavy atom. The molecule has 0 fully saturated rings. The lowest BCUT2D eigenvalue weighted by molar-refractivity contribution is -0.193. The number of fused-ring (bicyclic) bond motifs is 1. The molecule has 3 N–H and O–H groups in total. The van der Waals surface area contributed by atoms with Crippen molar-refractivity contribution in [3.05, 3.63) is 71.0 Å². The summed E-state index contributed by atoms with van der Waals surface area (Å²) in [5.41, 5.74) is 4.67. The standard InChI is InChI=1S/C20H23N5O.3C2HF3O2/c1-15-19(16(2)26-23-15)14-24-10-11-25(12-17-5-8-21-9-6-17)20-18(13-24)4-3-7-22-20;3*3-2(4,5)1(6)7/h3-9H,10-14H2,1-2H3;3*(H,6,7). The van der Waals surface area contributed by atoms with Gasteiger partial charge in [-0.3, -0.25) is 9.88 Å². The number of alkyl halides is 9. The van der Waals surface area contributed by atoms with E-state index >= 15 is 0 Å². The number of carbonyl (C=O) groups is 3. The Hall–Kier alpha value is -4.95. The summed E-state index contributed by atoms with van der Waals surface area (Å²) in [7, 11) is 0. The number of nitrogens with zero attached hydrogens (tertiary/aromatic N) is 5. The zero-order valence-electron chi connectivity index (χ0n) is 24.2. The van der Waals surface area contributed by atoms with Crippen molar-refractivity contribution in [1.82, 2.24) is 20.0 Å². The van der Waals surface area contributed by atoms with Gasteiger partial charge in [0.15, 0.2) is 0 Å². The minimum absolute atomic E-state index is 0.839. The first-order valence-electron chi connectivity index (χ1n) is 12.7. The highest BCUT2D eigenvalue weighted by atomic mass is 19.4. The molecular weight excluding hydrogens is 665 g/mol. The lowest BCUT2D eigenvalue weighted by atomic mass is 10.1. The number of aliphatic carboxylic acids is 3. The van der Waals surface area contributed by atoms with E-state index in [4.69, 9.17) is 34.2 Å². The van der Waals surface area contributed by atoms with Gasteiger partial charge in [-0.1, -0.05) is 11.2 Å². The Balaban J connectivity index is 0.000000430. The molecule has 4 rings (SSSR count). The SMILES string of the molecule is Cc1noc(C)c1CN1CCN(Cc2ccncc2)c2ncccc2C1.O=C(O)C(F)(F)F.O=C(O)C(F)(F)F.O=C(O)C(F)(F)F. The van der Waals surface area contributed by atoms with E-state index in [2.05, 4.69) is 43.1 Å². The summed E-state index contributed by atoms with van der Waals surface area (Å²) < 4.78 is 101. The molecule has 0 radical (unpaired) electrons. The molecule has 0 atom stereocenters. The van der Waals surface area contributed by atoms with Crippen LogP contribution in [-0.2, 0) is 34.0 Å². The van der Waals surface area contributed by atoms with Gasteiger partial charge in [0.25, 0.3) is 0 Å². The van der Waals surface area contributed by atoms with E-state index in [1.807, 2.05) is 38.5 Å². The van der Waals surface area contributed by atoms with Crippen molar-refractivity contribution < 1.29 is 73.7 Å². The molecule has 0 amide bonds. The van der Waals surface area contributed by atoms with Crippen LogP contribution >= 0.6 is 0 Å². The van der Waals surface area contributed by atoms with E-state index in [9.17, 15) is 39.5 Å². The van der Waals surface area contributed by atoms with Gasteiger partial charge in [-0.05, 0) is 37.6 Å². The number of rotatable bonds is 4. The van der Waals surface area contributed by atoms with E-state index in [0.717, 1.165) is 50.0 Å². The summed E-state index contributed by atoms with van der Waals surface area (Å²) in [5, 5.41) is 25.5. The lowest BCUT2D eigenvalue weighted by Crippen LogP contribution is -2.31. The molecule has 0 unspecified atom stereocenters. The van der Waals surface area contributed by atoms with Gasteiger partial charge >= 0.3 is 36.4 Å². The quantitative estimate of drug-likeness (QED) is 0.314. The van der Waals surface area contributed by atoms with Crippen molar-refractivity contribution in [3.63, 3.8) is 0 Å². The second-order valence-corrected chi connectivity index (χ2v) is 9.19. The molecule has 47 heavy (non-hydrogen) atoms. The summed E-state index contributed by atoms with van der Waals surface area (Å²) in [6.07, 6.45) is -9.69. The second kappa shape index (κ2) is 17.1. The molecule has 12 nitrogen and oxygen atoms in total. The summed E-state index contributed by atoms with van der Waals surface area (Å²) in [6, 6.07) is 8.32. The van der Waals surface area contributed by atoms with Crippen LogP contribution in [0.15, 0.2) is 47.4 Å². The predicted octanol–water partition coefficient (Wildman–Crippen LogP) is 5.00. The van der Waals surface area contributed by atoms with E-state index in [1.54, 1.807) is 0 Å². The maximum Gasteiger partial charge on any atom is 0.490 e. The van der Waals surface area contributed by atoms with Crippen LogP contribution in [0.2, 0.25) is 0 Å². The topological polar surface area (TPSA) is 170 Å². The Morgan fingerprint density at radius 1 is 0.787 bits per heavy atom. The minimum Gasteiger partial charge on any atom is -0.475 e. The fraction of sp³-hybridized carbons (Fsp3) is 0.385. The summed E-state index contributed by atoms with van der Waals surface area (Å²) >= 11 is 0. The summed E-state index contributed by atoms with van der Waals surface area (Å²) in [5.74, 6) is -6.29. The predicted molar refractivity (Wildman–Crippen MR) is 141 cm³/mol. The fourth-order valence-corrected chi connectivity index (χ4v) is 3.48. The number of pyridine rings is 2. The number of halogens is 9. The van der Waals surface area contributed by atoms with Gasteiger partial charge in [-0.15, -0.1) is 0 Å². The molecule has 0 spiro atoms. The average Bonchev–Trinajstić information content (AvgIpc) is 3.16. The Labute approximate surface area is 259 Å². The van der Waals surface area contributed by atoms with Gasteiger partial charge in [-0.25, -0.2) is 19.4 Å². The van der Waals surface area contributed by atoms with Crippen LogP contribution in [0.4, 0.5) is 45.3 Å². The molecule has 0 bridgehead atoms. The molecule has 21 heteroatoms. The molecule has 4 heterocycles. The van der Waals surface area contributed by atoms with Gasteiger partial charge in [0.2, 0.25) is 0 Å². The van der Waals surface area contributed by atoms with Crippen LogP contribution in [0.1, 0.15) is 28.1 Å². The lowest BCUT2D eigenvalue weighted by Gasteiger charge is -2.24. The molecule has 260 valence electrons. The molecule has 3 aromatic rings. The first-order valence-corrected chi connectivity index (χ1v) is 12.7. The van der Waals surface area contributed by atoms with Crippen LogP contribution in [0.5, 0.6) is 0 Å². The van der Waals surface area contributed by atoms with Crippen LogP contribution in [0.3, 0.4) is 0 Å². The highest BCUT2D eigenvalue weighted by Crippen LogP contribution is 2.26. The number of hydrogen-bond donors (Lipinski definition) is 3. The third kappa shape index (κ3) is 14.3. The third-order valence-corrected chi connectivity index (χ3v) is 5.66. The van der Waals surface area contributed by atoms with Gasteiger partial charge in [0.05, 0.1) is 5.69 Å². The van der Waals surface area contributed by atoms with Crippen molar-refractivity contribution in [2.45, 2.75) is 52.0 Å². The number of aryl methyl sites for hydroxylation is 2. The minimum atomic E-state index is -5.08. The smallest absolute Gasteiger partial charge is 0.475 e. The third-order valence-electron chi connectivity index (χ3n) is 5.66. The van der Waals surface area contributed by atoms with Crippen LogP contribution in [0.25, 0.3) is 0 Å². The van der Waals surface area contributed by atoms with E-state index < -0.39 is 36.4 Å². The first kappa shape index (κ1) is 40.1. The molecule has 0 saturated carbocycles. The normalized spacial score (nSPS) is 13.3. The molecule has 1 aliphatic heterocycles. The molecule has 1 aliphatic rings. The van der Waals surface area contributed by atoms with Crippen LogP contribution in [0, 0.1) is 13.8 Å². The second-order valence-electron chi connectivity index (χ2n) is 9.19. The Morgan fingerprint density at radius 2 is 1.28 bits per heavy atom. The van der Waals surface area contributed by atoms with Crippen LogP contribution < -0.4 is 4.90 Å². The molecular formula is C26H26F9N5O7.